The summed E-state index contributed by atoms with van der Waals surface area (Å²) in [7, 11) is 0. The van der Waals surface area contributed by atoms with Crippen LogP contribution in [-0.4, -0.2) is 22.7 Å². The Morgan fingerprint density at radius 3 is 2.60 bits per heavy atom. The van der Waals surface area contributed by atoms with Crippen LogP contribution in [0.3, 0.4) is 0 Å². The van der Waals surface area contributed by atoms with Crippen molar-refractivity contribution in [3.05, 3.63) is 83.9 Å². The van der Waals surface area contributed by atoms with E-state index in [0.717, 1.165) is 16.7 Å². The molecule has 0 aliphatic carbocycles. The number of carbonyl (C=O) groups is 1. The first-order valence-electron chi connectivity index (χ1n) is 9.68. The van der Waals surface area contributed by atoms with Gasteiger partial charge in [0.15, 0.2) is 0 Å². The Balaban J connectivity index is 1.54. The van der Waals surface area contributed by atoms with Crippen molar-refractivity contribution >= 4 is 11.6 Å². The summed E-state index contributed by atoms with van der Waals surface area (Å²) < 4.78 is 11.3. The molecule has 4 rings (SSSR count). The van der Waals surface area contributed by atoms with Gasteiger partial charge >= 0.3 is 0 Å². The van der Waals surface area contributed by atoms with E-state index in [1.165, 1.54) is 0 Å². The number of nitrogens with zero attached hydrogens (tertiary/aromatic N) is 2. The third-order valence-electron chi connectivity index (χ3n) is 4.58. The van der Waals surface area contributed by atoms with Crippen molar-refractivity contribution < 1.29 is 13.9 Å². The Morgan fingerprint density at radius 2 is 1.77 bits per heavy atom. The van der Waals surface area contributed by atoms with Crippen molar-refractivity contribution in [3.8, 4) is 28.7 Å². The highest BCUT2D eigenvalue weighted by atomic mass is 16.5. The summed E-state index contributed by atoms with van der Waals surface area (Å²) in [4.78, 5) is 12.6. The van der Waals surface area contributed by atoms with Crippen molar-refractivity contribution in [1.82, 2.24) is 10.2 Å². The van der Waals surface area contributed by atoms with Crippen LogP contribution in [0.25, 0.3) is 22.9 Å². The lowest BCUT2D eigenvalue weighted by Gasteiger charge is -2.08. The zero-order chi connectivity index (χ0) is 20.9. The molecular weight excluding hydrogens is 378 g/mol. The smallest absolute Gasteiger partial charge is 0.255 e. The van der Waals surface area contributed by atoms with E-state index >= 15 is 0 Å². The largest absolute Gasteiger partial charge is 0.494 e. The van der Waals surface area contributed by atoms with Gasteiger partial charge in [0.1, 0.15) is 5.75 Å². The van der Waals surface area contributed by atoms with Crippen molar-refractivity contribution in [2.75, 3.05) is 11.9 Å². The first kappa shape index (κ1) is 19.4. The third kappa shape index (κ3) is 4.22. The van der Waals surface area contributed by atoms with Crippen LogP contribution in [0, 0.1) is 6.92 Å². The van der Waals surface area contributed by atoms with Gasteiger partial charge in [-0.2, -0.15) is 0 Å². The number of ether oxygens (including phenoxy) is 1. The van der Waals surface area contributed by atoms with Crippen LogP contribution in [0.5, 0.6) is 5.75 Å². The fourth-order valence-corrected chi connectivity index (χ4v) is 3.09. The summed E-state index contributed by atoms with van der Waals surface area (Å²) in [6.07, 6.45) is 0. The minimum absolute atomic E-state index is 0.222. The molecule has 0 fully saturated rings. The van der Waals surface area contributed by atoms with Gasteiger partial charge in [-0.25, -0.2) is 0 Å². The Hall–Kier alpha value is -3.93. The van der Waals surface area contributed by atoms with E-state index < -0.39 is 0 Å². The molecule has 3 aromatic carbocycles. The highest BCUT2D eigenvalue weighted by molar-refractivity contribution is 6.04. The summed E-state index contributed by atoms with van der Waals surface area (Å²) in [6, 6.07) is 22.2. The molecule has 0 atom stereocenters. The SMILES string of the molecule is CCOc1cccc(C(=O)Nc2cccc(-c3nnc(-c4ccccc4C)o3)c2)c1. The molecule has 6 heteroatoms. The normalized spacial score (nSPS) is 10.6. The number of nitrogens with one attached hydrogen (secondary N) is 1. The molecule has 0 aliphatic rings. The molecule has 0 spiro atoms. The monoisotopic (exact) mass is 399 g/mol. The molecule has 4 aromatic rings. The average molecular weight is 399 g/mol. The first-order valence-corrected chi connectivity index (χ1v) is 9.68. The number of benzene rings is 3. The Morgan fingerprint density at radius 1 is 0.967 bits per heavy atom. The topological polar surface area (TPSA) is 77.2 Å². The van der Waals surface area contributed by atoms with Crippen LogP contribution >= 0.6 is 0 Å². The van der Waals surface area contributed by atoms with Crippen molar-refractivity contribution in [1.29, 1.82) is 0 Å². The highest BCUT2D eigenvalue weighted by Crippen LogP contribution is 2.27. The van der Waals surface area contributed by atoms with Gasteiger partial charge < -0.3 is 14.5 Å². The van der Waals surface area contributed by atoms with Gasteiger partial charge in [-0.15, -0.1) is 10.2 Å². The number of anilines is 1. The fraction of sp³-hybridized carbons (Fsp3) is 0.125. The minimum atomic E-state index is -0.222. The zero-order valence-corrected chi connectivity index (χ0v) is 16.8. The Kier molecular flexibility index (Phi) is 5.57. The molecule has 150 valence electrons. The molecule has 1 N–H and O–H groups in total. The van der Waals surface area contributed by atoms with E-state index in [1.807, 2.05) is 62.4 Å². The predicted molar refractivity (Wildman–Crippen MR) is 115 cm³/mol. The van der Waals surface area contributed by atoms with Crippen molar-refractivity contribution in [3.63, 3.8) is 0 Å². The van der Waals surface area contributed by atoms with Gasteiger partial charge in [0.05, 0.1) is 6.61 Å². The number of hydrogen-bond acceptors (Lipinski definition) is 5. The van der Waals surface area contributed by atoms with Crippen LogP contribution in [0.15, 0.2) is 77.2 Å². The minimum Gasteiger partial charge on any atom is -0.494 e. The third-order valence-corrected chi connectivity index (χ3v) is 4.58. The molecule has 0 aliphatic heterocycles. The summed E-state index contributed by atoms with van der Waals surface area (Å²) in [6.45, 7) is 4.44. The van der Waals surface area contributed by atoms with Gasteiger partial charge in [-0.05, 0) is 61.9 Å². The number of carbonyl (C=O) groups excluding carboxylic acids is 1. The molecule has 1 aromatic heterocycles. The lowest BCUT2D eigenvalue weighted by atomic mass is 10.1. The molecule has 0 saturated heterocycles. The van der Waals surface area contributed by atoms with E-state index in [2.05, 4.69) is 15.5 Å². The highest BCUT2D eigenvalue weighted by Gasteiger charge is 2.13. The van der Waals surface area contributed by atoms with Gasteiger partial charge in [0.2, 0.25) is 11.8 Å². The van der Waals surface area contributed by atoms with Crippen LogP contribution < -0.4 is 10.1 Å². The summed E-state index contributed by atoms with van der Waals surface area (Å²) in [5, 5.41) is 11.2. The summed E-state index contributed by atoms with van der Waals surface area (Å²) in [5.41, 5.74) is 3.84. The molecule has 0 unspecified atom stereocenters. The number of aromatic nitrogens is 2. The van der Waals surface area contributed by atoms with E-state index in [4.69, 9.17) is 9.15 Å². The second-order valence-corrected chi connectivity index (χ2v) is 6.72. The van der Waals surface area contributed by atoms with Gasteiger partial charge in [-0.3, -0.25) is 4.79 Å². The molecule has 6 nitrogen and oxygen atoms in total. The standard InChI is InChI=1S/C24H21N3O3/c1-3-29-20-12-7-9-17(15-20)22(28)25-19-11-6-10-18(14-19)23-26-27-24(30-23)21-13-5-4-8-16(21)2/h4-15H,3H2,1-2H3,(H,25,28). The van der Waals surface area contributed by atoms with E-state index in [9.17, 15) is 4.79 Å². The molecule has 30 heavy (non-hydrogen) atoms. The second kappa shape index (κ2) is 8.61. The first-order chi connectivity index (χ1) is 14.6. The van der Waals surface area contributed by atoms with Gasteiger partial charge in [0.25, 0.3) is 5.91 Å². The van der Waals surface area contributed by atoms with Gasteiger partial charge in [0, 0.05) is 22.4 Å². The zero-order valence-electron chi connectivity index (χ0n) is 16.8. The molecular formula is C24H21N3O3. The molecule has 1 heterocycles. The quantitative estimate of drug-likeness (QED) is 0.472. The lowest BCUT2D eigenvalue weighted by Crippen LogP contribution is -2.12. The van der Waals surface area contributed by atoms with Crippen LogP contribution in [0.4, 0.5) is 5.69 Å². The van der Waals surface area contributed by atoms with Crippen LogP contribution in [-0.2, 0) is 0 Å². The van der Waals surface area contributed by atoms with Crippen molar-refractivity contribution in [2.24, 2.45) is 0 Å². The second-order valence-electron chi connectivity index (χ2n) is 6.72. The van der Waals surface area contributed by atoms with Crippen LogP contribution in [0.2, 0.25) is 0 Å². The summed E-state index contributed by atoms with van der Waals surface area (Å²) in [5.74, 6) is 1.29. The predicted octanol–water partition coefficient (Wildman–Crippen LogP) is 5.36. The lowest BCUT2D eigenvalue weighted by molar-refractivity contribution is 0.102. The number of aryl methyl sites for hydroxylation is 1. The number of amides is 1. The number of rotatable bonds is 6. The number of hydrogen-bond donors (Lipinski definition) is 1. The van der Waals surface area contributed by atoms with Crippen LogP contribution in [0.1, 0.15) is 22.8 Å². The molecule has 0 radical (unpaired) electrons. The molecule has 0 saturated carbocycles. The average Bonchev–Trinajstić information content (AvgIpc) is 3.25. The van der Waals surface area contributed by atoms with E-state index in [1.54, 1.807) is 24.3 Å². The van der Waals surface area contributed by atoms with Gasteiger partial charge in [-0.1, -0.05) is 30.3 Å². The Bertz CT molecular complexity index is 1180. The maximum Gasteiger partial charge on any atom is 0.255 e. The van der Waals surface area contributed by atoms with E-state index in [0.29, 0.717) is 35.4 Å². The Labute approximate surface area is 174 Å². The molecule has 1 amide bonds. The molecule has 0 bridgehead atoms. The van der Waals surface area contributed by atoms with E-state index in [-0.39, 0.29) is 5.91 Å². The maximum atomic E-state index is 12.6. The maximum absolute atomic E-state index is 12.6. The summed E-state index contributed by atoms with van der Waals surface area (Å²) >= 11 is 0. The van der Waals surface area contributed by atoms with Crippen molar-refractivity contribution in [2.45, 2.75) is 13.8 Å². The fourth-order valence-electron chi connectivity index (χ4n) is 3.09.